The summed E-state index contributed by atoms with van der Waals surface area (Å²) in [6, 6.07) is 8.02. The number of nitrogens with one attached hydrogen (secondary N) is 1. The fourth-order valence-corrected chi connectivity index (χ4v) is 4.18. The van der Waals surface area contributed by atoms with Crippen LogP contribution in [0.3, 0.4) is 0 Å². The molecule has 1 aromatic rings. The number of ether oxygens (including phenoxy) is 2. The molecule has 3 fully saturated rings. The standard InChI is InChI=1S/C22H30N2O4/c1-27-19-6-4-17(5-7-19)22(10-11-22)21(26)23-12-13-24(20(25)16-2-3-16)18-8-14-28-15-9-18/h4-7,16,18H,2-3,8-15H2,1H3,(H,23,26). The minimum atomic E-state index is -0.406. The molecule has 4 rings (SSSR count). The minimum Gasteiger partial charge on any atom is -0.497 e. The summed E-state index contributed by atoms with van der Waals surface area (Å²) in [5, 5.41) is 3.10. The number of carbonyl (C=O) groups is 2. The van der Waals surface area contributed by atoms with Crippen molar-refractivity contribution in [3.8, 4) is 5.75 Å². The van der Waals surface area contributed by atoms with Crippen molar-refractivity contribution < 1.29 is 19.1 Å². The van der Waals surface area contributed by atoms with Gasteiger partial charge in [0, 0.05) is 38.3 Å². The average molecular weight is 386 g/mol. The van der Waals surface area contributed by atoms with Gasteiger partial charge in [-0.3, -0.25) is 9.59 Å². The van der Waals surface area contributed by atoms with Gasteiger partial charge >= 0.3 is 0 Å². The highest BCUT2D eigenvalue weighted by molar-refractivity contribution is 5.91. The third-order valence-electron chi connectivity index (χ3n) is 6.31. The van der Waals surface area contributed by atoms with Gasteiger partial charge in [-0.05, 0) is 56.2 Å². The third-order valence-corrected chi connectivity index (χ3v) is 6.31. The van der Waals surface area contributed by atoms with E-state index >= 15 is 0 Å². The van der Waals surface area contributed by atoms with Gasteiger partial charge in [0.2, 0.25) is 11.8 Å². The summed E-state index contributed by atoms with van der Waals surface area (Å²) in [5.41, 5.74) is 0.636. The smallest absolute Gasteiger partial charge is 0.230 e. The van der Waals surface area contributed by atoms with Gasteiger partial charge < -0.3 is 19.7 Å². The highest BCUT2D eigenvalue weighted by atomic mass is 16.5. The molecule has 1 aliphatic heterocycles. The number of rotatable bonds is 8. The minimum absolute atomic E-state index is 0.0727. The Balaban J connectivity index is 1.34. The summed E-state index contributed by atoms with van der Waals surface area (Å²) in [6.07, 6.45) is 5.53. The van der Waals surface area contributed by atoms with Crippen LogP contribution >= 0.6 is 0 Å². The Morgan fingerprint density at radius 3 is 2.39 bits per heavy atom. The van der Waals surface area contributed by atoms with Gasteiger partial charge in [0.05, 0.1) is 12.5 Å². The fraction of sp³-hybridized carbons (Fsp3) is 0.636. The molecule has 28 heavy (non-hydrogen) atoms. The van der Waals surface area contributed by atoms with E-state index in [1.165, 1.54) is 0 Å². The highest BCUT2D eigenvalue weighted by Gasteiger charge is 2.51. The van der Waals surface area contributed by atoms with Crippen LogP contribution < -0.4 is 10.1 Å². The van der Waals surface area contributed by atoms with Crippen molar-refractivity contribution in [2.24, 2.45) is 5.92 Å². The lowest BCUT2D eigenvalue weighted by Crippen LogP contribution is -2.48. The van der Waals surface area contributed by atoms with E-state index in [1.54, 1.807) is 7.11 Å². The summed E-state index contributed by atoms with van der Waals surface area (Å²) in [7, 11) is 1.64. The largest absolute Gasteiger partial charge is 0.497 e. The molecule has 1 aromatic carbocycles. The number of hydrogen-bond donors (Lipinski definition) is 1. The van der Waals surface area contributed by atoms with Crippen LogP contribution in [0, 0.1) is 5.92 Å². The zero-order chi connectivity index (χ0) is 19.6. The number of amides is 2. The van der Waals surface area contributed by atoms with E-state index in [4.69, 9.17) is 9.47 Å². The molecule has 0 radical (unpaired) electrons. The monoisotopic (exact) mass is 386 g/mol. The van der Waals surface area contributed by atoms with Crippen molar-refractivity contribution >= 4 is 11.8 Å². The van der Waals surface area contributed by atoms with Crippen LogP contribution in [-0.4, -0.2) is 56.2 Å². The molecule has 0 atom stereocenters. The highest BCUT2D eigenvalue weighted by Crippen LogP contribution is 2.48. The first kappa shape index (κ1) is 19.2. The van der Waals surface area contributed by atoms with Crippen LogP contribution in [0.15, 0.2) is 24.3 Å². The maximum absolute atomic E-state index is 12.9. The molecule has 0 aromatic heterocycles. The fourth-order valence-electron chi connectivity index (χ4n) is 4.18. The molecule has 1 N–H and O–H groups in total. The molecule has 1 saturated heterocycles. The molecule has 1 heterocycles. The van der Waals surface area contributed by atoms with Crippen LogP contribution in [0.1, 0.15) is 44.1 Å². The van der Waals surface area contributed by atoms with Gasteiger partial charge in [0.25, 0.3) is 0 Å². The van der Waals surface area contributed by atoms with Crippen molar-refractivity contribution in [2.45, 2.75) is 50.0 Å². The molecule has 152 valence electrons. The molecule has 2 saturated carbocycles. The number of methoxy groups -OCH3 is 1. The van der Waals surface area contributed by atoms with Gasteiger partial charge in [-0.15, -0.1) is 0 Å². The van der Waals surface area contributed by atoms with Crippen molar-refractivity contribution in [2.75, 3.05) is 33.4 Å². The van der Waals surface area contributed by atoms with E-state index in [2.05, 4.69) is 5.32 Å². The first-order chi connectivity index (χ1) is 13.6. The van der Waals surface area contributed by atoms with Crippen LogP contribution in [0.4, 0.5) is 0 Å². The summed E-state index contributed by atoms with van der Waals surface area (Å²) < 4.78 is 10.7. The first-order valence-electron chi connectivity index (χ1n) is 10.4. The van der Waals surface area contributed by atoms with Gasteiger partial charge in [0.1, 0.15) is 5.75 Å². The van der Waals surface area contributed by atoms with E-state index in [1.807, 2.05) is 29.2 Å². The summed E-state index contributed by atoms with van der Waals surface area (Å²) in [4.78, 5) is 27.6. The molecule has 0 unspecified atom stereocenters. The molecular weight excluding hydrogens is 356 g/mol. The molecule has 0 spiro atoms. The van der Waals surface area contributed by atoms with Crippen molar-refractivity contribution in [3.05, 3.63) is 29.8 Å². The molecule has 2 aliphatic carbocycles. The van der Waals surface area contributed by atoms with Crippen LogP contribution in [0.25, 0.3) is 0 Å². The predicted molar refractivity (Wildman–Crippen MR) is 105 cm³/mol. The maximum Gasteiger partial charge on any atom is 0.230 e. The second-order valence-corrected chi connectivity index (χ2v) is 8.22. The first-order valence-corrected chi connectivity index (χ1v) is 10.4. The maximum atomic E-state index is 12.9. The molecular formula is C22H30N2O4. The molecule has 6 heteroatoms. The molecule has 0 bridgehead atoms. The molecule has 3 aliphatic rings. The average Bonchev–Trinajstić information content (AvgIpc) is 3.65. The van der Waals surface area contributed by atoms with Gasteiger partial charge in [0.15, 0.2) is 0 Å². The number of nitrogens with zero attached hydrogens (tertiary/aromatic N) is 1. The van der Waals surface area contributed by atoms with Crippen molar-refractivity contribution in [1.82, 2.24) is 10.2 Å². The van der Waals surface area contributed by atoms with Gasteiger partial charge in [-0.1, -0.05) is 12.1 Å². The number of hydrogen-bond acceptors (Lipinski definition) is 4. The Bertz CT molecular complexity index is 704. The summed E-state index contributed by atoms with van der Waals surface area (Å²) in [5.74, 6) is 1.33. The van der Waals surface area contributed by atoms with E-state index < -0.39 is 5.41 Å². The third kappa shape index (κ3) is 4.02. The van der Waals surface area contributed by atoms with Crippen LogP contribution in [0.2, 0.25) is 0 Å². The lowest BCUT2D eigenvalue weighted by molar-refractivity contribution is -0.137. The molecule has 2 amide bonds. The predicted octanol–water partition coefficient (Wildman–Crippen LogP) is 2.26. The van der Waals surface area contributed by atoms with E-state index in [-0.39, 0.29) is 23.8 Å². The topological polar surface area (TPSA) is 67.9 Å². The number of carbonyl (C=O) groups excluding carboxylic acids is 2. The van der Waals surface area contributed by atoms with Crippen LogP contribution in [-0.2, 0) is 19.7 Å². The Labute approximate surface area is 166 Å². The Morgan fingerprint density at radius 1 is 1.14 bits per heavy atom. The zero-order valence-electron chi connectivity index (χ0n) is 16.6. The Morgan fingerprint density at radius 2 is 1.82 bits per heavy atom. The van der Waals surface area contributed by atoms with Crippen molar-refractivity contribution in [3.63, 3.8) is 0 Å². The van der Waals surface area contributed by atoms with E-state index in [9.17, 15) is 9.59 Å². The Hall–Kier alpha value is -2.08. The van der Waals surface area contributed by atoms with E-state index in [0.29, 0.717) is 26.3 Å². The zero-order valence-corrected chi connectivity index (χ0v) is 16.6. The van der Waals surface area contributed by atoms with Gasteiger partial charge in [-0.2, -0.15) is 0 Å². The summed E-state index contributed by atoms with van der Waals surface area (Å²) >= 11 is 0. The Kier molecular flexibility index (Phi) is 5.58. The SMILES string of the molecule is COc1ccc(C2(C(=O)NCCN(C(=O)C3CC3)C3CCOCC3)CC2)cc1. The van der Waals surface area contributed by atoms with Gasteiger partial charge in [-0.25, -0.2) is 0 Å². The van der Waals surface area contributed by atoms with Crippen LogP contribution in [0.5, 0.6) is 5.75 Å². The second kappa shape index (κ2) is 8.11. The lowest BCUT2D eigenvalue weighted by Gasteiger charge is -2.34. The normalized spacial score (nSPS) is 21.0. The summed E-state index contributed by atoms with van der Waals surface area (Å²) in [6.45, 7) is 2.52. The van der Waals surface area contributed by atoms with Crippen molar-refractivity contribution in [1.29, 1.82) is 0 Å². The van der Waals surface area contributed by atoms with E-state index in [0.717, 1.165) is 49.8 Å². The number of benzene rings is 1. The lowest BCUT2D eigenvalue weighted by atomic mass is 9.95. The second-order valence-electron chi connectivity index (χ2n) is 8.22. The molecule has 6 nitrogen and oxygen atoms in total. The quantitative estimate of drug-likeness (QED) is 0.744.